The molecule has 0 aliphatic carbocycles. The summed E-state index contributed by atoms with van der Waals surface area (Å²) in [5.41, 5.74) is 3.65. The van der Waals surface area contributed by atoms with Crippen molar-refractivity contribution in [2.75, 3.05) is 39.7 Å². The highest BCUT2D eigenvalue weighted by atomic mass is 35.5. The first-order valence-corrected chi connectivity index (χ1v) is 11.1. The molecule has 0 saturated carbocycles. The number of benzene rings is 3. The van der Waals surface area contributed by atoms with E-state index in [-0.39, 0.29) is 11.9 Å². The van der Waals surface area contributed by atoms with Crippen LogP contribution in [0, 0.1) is 0 Å². The molecule has 1 aliphatic heterocycles. The lowest BCUT2D eigenvalue weighted by atomic mass is 9.91. The van der Waals surface area contributed by atoms with E-state index in [1.165, 1.54) is 0 Å². The molecule has 1 aliphatic rings. The van der Waals surface area contributed by atoms with Gasteiger partial charge in [0.05, 0.1) is 20.3 Å². The minimum Gasteiger partial charge on any atom is -0.493 e. The topological polar surface area (TPSA) is 60.0 Å². The van der Waals surface area contributed by atoms with E-state index in [0.29, 0.717) is 41.7 Å². The number of amides is 1. The van der Waals surface area contributed by atoms with Gasteiger partial charge in [-0.25, -0.2) is 0 Å². The van der Waals surface area contributed by atoms with Gasteiger partial charge in [-0.15, -0.1) is 0 Å². The van der Waals surface area contributed by atoms with E-state index in [0.717, 1.165) is 22.6 Å². The summed E-state index contributed by atoms with van der Waals surface area (Å²) in [7, 11) is 5.10. The van der Waals surface area contributed by atoms with Gasteiger partial charge in [-0.2, -0.15) is 0 Å². The summed E-state index contributed by atoms with van der Waals surface area (Å²) in [6.45, 7) is 0.855. The van der Waals surface area contributed by atoms with Crippen LogP contribution in [-0.4, -0.2) is 45.2 Å². The summed E-state index contributed by atoms with van der Waals surface area (Å²) in [6.07, 6.45) is 0.704. The van der Waals surface area contributed by atoms with Crippen molar-refractivity contribution in [3.63, 3.8) is 0 Å². The Morgan fingerprint density at radius 1 is 1.06 bits per heavy atom. The third-order valence-corrected chi connectivity index (χ3v) is 6.12. The van der Waals surface area contributed by atoms with Gasteiger partial charge in [0.15, 0.2) is 11.5 Å². The third kappa shape index (κ3) is 4.86. The number of ether oxygens (including phenoxy) is 3. The lowest BCUT2D eigenvalue weighted by Gasteiger charge is -2.37. The lowest BCUT2D eigenvalue weighted by molar-refractivity contribution is 0.0589. The van der Waals surface area contributed by atoms with Crippen LogP contribution < -0.4 is 19.5 Å². The molecule has 3 aromatic carbocycles. The van der Waals surface area contributed by atoms with Crippen LogP contribution in [0.15, 0.2) is 60.7 Å². The third-order valence-electron chi connectivity index (χ3n) is 5.89. The average Bonchev–Trinajstić information content (AvgIpc) is 2.86. The fourth-order valence-electron chi connectivity index (χ4n) is 4.13. The molecule has 7 heteroatoms. The molecule has 0 fully saturated rings. The van der Waals surface area contributed by atoms with Gasteiger partial charge in [0, 0.05) is 29.9 Å². The molecule has 0 bridgehead atoms. The highest BCUT2D eigenvalue weighted by molar-refractivity contribution is 6.30. The van der Waals surface area contributed by atoms with Crippen molar-refractivity contribution >= 4 is 23.2 Å². The molecule has 0 saturated heterocycles. The van der Waals surface area contributed by atoms with Gasteiger partial charge in [-0.1, -0.05) is 17.7 Å². The maximum absolute atomic E-state index is 13.5. The van der Waals surface area contributed by atoms with E-state index < -0.39 is 0 Å². The second-order valence-corrected chi connectivity index (χ2v) is 8.20. The summed E-state index contributed by atoms with van der Waals surface area (Å²) < 4.78 is 17.2. The van der Waals surface area contributed by atoms with E-state index in [1.54, 1.807) is 38.5 Å². The van der Waals surface area contributed by atoms with E-state index >= 15 is 0 Å². The smallest absolute Gasteiger partial charge is 0.254 e. The second kappa shape index (κ2) is 10.0. The van der Waals surface area contributed by atoms with Crippen LogP contribution in [0.4, 0.5) is 5.69 Å². The SMILES string of the molecule is CNc1ccc(OCC2c3cc(OC)c(OC)cc3CCN2C(=O)c2cccc(Cl)c2)cc1. The predicted octanol–water partition coefficient (Wildman–Crippen LogP) is 5.22. The van der Waals surface area contributed by atoms with E-state index in [1.807, 2.05) is 48.3 Å². The molecule has 172 valence electrons. The van der Waals surface area contributed by atoms with E-state index in [4.69, 9.17) is 25.8 Å². The number of hydrogen-bond acceptors (Lipinski definition) is 5. The zero-order chi connectivity index (χ0) is 23.4. The van der Waals surface area contributed by atoms with Crippen LogP contribution in [0.1, 0.15) is 27.5 Å². The number of carbonyl (C=O) groups excluding carboxylic acids is 1. The van der Waals surface area contributed by atoms with Gasteiger partial charge in [-0.3, -0.25) is 4.79 Å². The molecule has 4 rings (SSSR count). The summed E-state index contributed by atoms with van der Waals surface area (Å²) in [4.78, 5) is 15.3. The first-order valence-electron chi connectivity index (χ1n) is 10.8. The van der Waals surface area contributed by atoms with Crippen LogP contribution >= 0.6 is 11.6 Å². The Labute approximate surface area is 199 Å². The molecule has 1 N–H and O–H groups in total. The molecule has 0 spiro atoms. The summed E-state index contributed by atoms with van der Waals surface area (Å²) >= 11 is 6.15. The summed E-state index contributed by atoms with van der Waals surface area (Å²) in [6, 6.07) is 18.4. The van der Waals surface area contributed by atoms with Gasteiger partial charge in [0.1, 0.15) is 12.4 Å². The number of carbonyl (C=O) groups is 1. The van der Waals surface area contributed by atoms with Crippen LogP contribution in [0.5, 0.6) is 17.2 Å². The van der Waals surface area contributed by atoms with Crippen LogP contribution in [0.3, 0.4) is 0 Å². The zero-order valence-corrected chi connectivity index (χ0v) is 19.7. The van der Waals surface area contributed by atoms with Gasteiger partial charge in [0.25, 0.3) is 5.91 Å². The normalized spacial score (nSPS) is 14.9. The molecule has 0 aromatic heterocycles. The Morgan fingerprint density at radius 3 is 2.45 bits per heavy atom. The number of nitrogens with zero attached hydrogens (tertiary/aromatic N) is 1. The van der Waals surface area contributed by atoms with Gasteiger partial charge >= 0.3 is 0 Å². The second-order valence-electron chi connectivity index (χ2n) is 7.77. The molecule has 3 aromatic rings. The zero-order valence-electron chi connectivity index (χ0n) is 18.9. The molecule has 1 unspecified atom stereocenters. The molecule has 6 nitrogen and oxygen atoms in total. The van der Waals surface area contributed by atoms with E-state index in [2.05, 4.69) is 5.32 Å². The Balaban J connectivity index is 1.69. The lowest BCUT2D eigenvalue weighted by Crippen LogP contribution is -2.42. The summed E-state index contributed by atoms with van der Waals surface area (Å²) in [5, 5.41) is 3.63. The summed E-state index contributed by atoms with van der Waals surface area (Å²) in [5.74, 6) is 1.94. The highest BCUT2D eigenvalue weighted by Crippen LogP contribution is 2.39. The number of rotatable bonds is 7. The van der Waals surface area contributed by atoms with Crippen LogP contribution in [0.25, 0.3) is 0 Å². The maximum Gasteiger partial charge on any atom is 0.254 e. The average molecular weight is 467 g/mol. The first-order chi connectivity index (χ1) is 16.0. The molecule has 33 heavy (non-hydrogen) atoms. The number of nitrogens with one attached hydrogen (secondary N) is 1. The van der Waals surface area contributed by atoms with Crippen LogP contribution in [-0.2, 0) is 6.42 Å². The fraction of sp³-hybridized carbons (Fsp3) is 0.269. The first kappa shape index (κ1) is 22.8. The Morgan fingerprint density at radius 2 is 1.79 bits per heavy atom. The highest BCUT2D eigenvalue weighted by Gasteiger charge is 2.33. The van der Waals surface area contributed by atoms with Crippen molar-refractivity contribution in [1.82, 2.24) is 4.90 Å². The number of hydrogen-bond donors (Lipinski definition) is 1. The van der Waals surface area contributed by atoms with Crippen molar-refractivity contribution in [2.24, 2.45) is 0 Å². The molecule has 1 amide bonds. The van der Waals surface area contributed by atoms with Crippen molar-refractivity contribution < 1.29 is 19.0 Å². The molecular formula is C26H27ClN2O4. The van der Waals surface area contributed by atoms with Crippen molar-refractivity contribution in [3.05, 3.63) is 82.4 Å². The minimum atomic E-state index is -0.302. The Hall–Kier alpha value is -3.38. The van der Waals surface area contributed by atoms with Gasteiger partial charge in [0.2, 0.25) is 0 Å². The molecule has 1 atom stereocenters. The number of halogens is 1. The maximum atomic E-state index is 13.5. The number of methoxy groups -OCH3 is 2. The fourth-order valence-corrected chi connectivity index (χ4v) is 4.32. The number of fused-ring (bicyclic) bond motifs is 1. The molecule has 1 heterocycles. The van der Waals surface area contributed by atoms with Gasteiger partial charge < -0.3 is 24.4 Å². The minimum absolute atomic E-state index is 0.0861. The van der Waals surface area contributed by atoms with Crippen molar-refractivity contribution in [3.8, 4) is 17.2 Å². The van der Waals surface area contributed by atoms with Crippen LogP contribution in [0.2, 0.25) is 5.02 Å². The van der Waals surface area contributed by atoms with Crippen molar-refractivity contribution in [2.45, 2.75) is 12.5 Å². The predicted molar refractivity (Wildman–Crippen MR) is 130 cm³/mol. The number of anilines is 1. The molecule has 0 radical (unpaired) electrons. The quantitative estimate of drug-likeness (QED) is 0.517. The largest absolute Gasteiger partial charge is 0.493 e. The molecular weight excluding hydrogens is 440 g/mol. The Kier molecular flexibility index (Phi) is 6.94. The Bertz CT molecular complexity index is 1130. The van der Waals surface area contributed by atoms with Gasteiger partial charge in [-0.05, 0) is 72.1 Å². The standard InChI is InChI=1S/C26H27ClN2O4/c1-28-20-7-9-21(10-8-20)33-16-23-22-15-25(32-3)24(31-2)14-17(22)11-12-29(23)26(30)18-5-4-6-19(27)13-18/h4-10,13-15,23,28H,11-12,16H2,1-3H3. The van der Waals surface area contributed by atoms with Crippen molar-refractivity contribution in [1.29, 1.82) is 0 Å². The van der Waals surface area contributed by atoms with E-state index in [9.17, 15) is 4.79 Å². The monoisotopic (exact) mass is 466 g/mol.